The molecule has 21 heavy (non-hydrogen) atoms. The first kappa shape index (κ1) is 15.4. The molecule has 112 valence electrons. The Hall–Kier alpha value is -1.97. The molecule has 0 aliphatic rings. The van der Waals surface area contributed by atoms with Crippen LogP contribution < -0.4 is 5.69 Å². The van der Waals surface area contributed by atoms with Crippen LogP contribution in [0.15, 0.2) is 35.5 Å². The van der Waals surface area contributed by atoms with Gasteiger partial charge in [0.15, 0.2) is 5.75 Å². The van der Waals surface area contributed by atoms with Crippen molar-refractivity contribution in [3.63, 3.8) is 0 Å². The topological polar surface area (TPSA) is 111 Å². The molecule has 0 aromatic carbocycles. The van der Waals surface area contributed by atoms with E-state index < -0.39 is 27.5 Å². The maximum atomic E-state index is 11.9. The number of pyridine rings is 1. The zero-order valence-electron chi connectivity index (χ0n) is 10.5. The Bertz CT molecular complexity index is 822. The number of carbonyl (C=O) groups excluding carboxylic acids is 1. The van der Waals surface area contributed by atoms with Crippen LogP contribution in [0.4, 0.5) is 0 Å². The Kier molecular flexibility index (Phi) is 4.26. The largest absolute Gasteiger partial charge is 0.335 e. The van der Waals surface area contributed by atoms with Crippen molar-refractivity contribution in [3.05, 3.63) is 51.9 Å². The zero-order valence-corrected chi connectivity index (χ0v) is 12.1. The second-order valence-corrected chi connectivity index (χ2v) is 6.03. The zero-order chi connectivity index (χ0) is 15.6. The summed E-state index contributed by atoms with van der Waals surface area (Å²) < 4.78 is 31.7. The fourth-order valence-electron chi connectivity index (χ4n) is 1.65. The van der Waals surface area contributed by atoms with Crippen LogP contribution in [0.5, 0.6) is 0 Å². The van der Waals surface area contributed by atoms with Gasteiger partial charge >= 0.3 is 5.69 Å². The lowest BCUT2D eigenvalue weighted by Gasteiger charge is -2.02. The van der Waals surface area contributed by atoms with Crippen LogP contribution in [0.2, 0.25) is 5.15 Å². The molecule has 0 amide bonds. The minimum absolute atomic E-state index is 0.148. The maximum Gasteiger partial charge on any atom is 0.335 e. The van der Waals surface area contributed by atoms with Crippen molar-refractivity contribution in [2.45, 2.75) is 6.54 Å². The summed E-state index contributed by atoms with van der Waals surface area (Å²) in [5, 5.41) is 0.312. The highest BCUT2D eigenvalue weighted by Crippen LogP contribution is 2.06. The minimum Gasteiger partial charge on any atom is -0.294 e. The summed E-state index contributed by atoms with van der Waals surface area (Å²) >= 11 is 5.64. The van der Waals surface area contributed by atoms with Crippen LogP contribution in [-0.4, -0.2) is 38.7 Å². The number of carbonyl (C=O) groups is 1. The van der Waals surface area contributed by atoms with Crippen molar-refractivity contribution in [1.82, 2.24) is 14.1 Å². The maximum absolute atomic E-state index is 11.9. The Balaban J connectivity index is 2.23. The van der Waals surface area contributed by atoms with E-state index in [0.29, 0.717) is 15.3 Å². The van der Waals surface area contributed by atoms with Gasteiger partial charge in [0.25, 0.3) is 16.0 Å². The highest BCUT2D eigenvalue weighted by molar-refractivity contribution is 7.86. The van der Waals surface area contributed by atoms with E-state index in [1.807, 2.05) is 0 Å². The number of rotatable bonds is 4. The molecule has 2 rings (SSSR count). The van der Waals surface area contributed by atoms with Gasteiger partial charge in [0.1, 0.15) is 5.15 Å². The minimum atomic E-state index is -4.49. The van der Waals surface area contributed by atoms with Crippen molar-refractivity contribution in [3.8, 4) is 0 Å². The molecule has 0 unspecified atom stereocenters. The average Bonchev–Trinajstić information content (AvgIpc) is 2.72. The lowest BCUT2D eigenvalue weighted by atomic mass is 10.3. The quantitative estimate of drug-likeness (QED) is 0.636. The first-order valence-electron chi connectivity index (χ1n) is 5.63. The van der Waals surface area contributed by atoms with Crippen LogP contribution >= 0.6 is 11.6 Å². The molecule has 1 N–H and O–H groups in total. The standard InChI is InChI=1S/C11H10ClN3O5S/c12-9-2-1-8(5-13-9)6-14-3-4-15(11(14)17)10(16)7-21(18,19)20/h1-5H,6-7H2,(H,18,19,20). The first-order chi connectivity index (χ1) is 9.76. The van der Waals surface area contributed by atoms with Crippen molar-refractivity contribution in [2.24, 2.45) is 0 Å². The Labute approximate surface area is 124 Å². The van der Waals surface area contributed by atoms with E-state index in [1.54, 1.807) is 12.1 Å². The molecule has 10 heteroatoms. The molecule has 0 spiro atoms. The number of hydrogen-bond donors (Lipinski definition) is 1. The smallest absolute Gasteiger partial charge is 0.294 e. The summed E-state index contributed by atoms with van der Waals surface area (Å²) in [6.07, 6.45) is 3.95. The van der Waals surface area contributed by atoms with Crippen molar-refractivity contribution in [1.29, 1.82) is 0 Å². The molecule has 0 radical (unpaired) electrons. The van der Waals surface area contributed by atoms with E-state index in [4.69, 9.17) is 16.2 Å². The molecule has 8 nitrogen and oxygen atoms in total. The van der Waals surface area contributed by atoms with Gasteiger partial charge in [-0.1, -0.05) is 17.7 Å². The van der Waals surface area contributed by atoms with E-state index in [0.717, 1.165) is 6.20 Å². The second-order valence-electron chi connectivity index (χ2n) is 4.19. The highest BCUT2D eigenvalue weighted by atomic mass is 35.5. The summed E-state index contributed by atoms with van der Waals surface area (Å²) in [6.45, 7) is 0.148. The fraction of sp³-hybridized carbons (Fsp3) is 0.182. The summed E-state index contributed by atoms with van der Waals surface area (Å²) in [4.78, 5) is 27.4. The van der Waals surface area contributed by atoms with Crippen LogP contribution in [0.25, 0.3) is 0 Å². The molecule has 0 aliphatic carbocycles. The third-order valence-electron chi connectivity index (χ3n) is 2.56. The summed E-state index contributed by atoms with van der Waals surface area (Å²) in [6, 6.07) is 3.22. The normalized spacial score (nSPS) is 11.5. The Morgan fingerprint density at radius 2 is 2.05 bits per heavy atom. The van der Waals surface area contributed by atoms with E-state index in [1.165, 1.54) is 17.0 Å². The first-order valence-corrected chi connectivity index (χ1v) is 7.61. The number of aromatic nitrogens is 3. The van der Waals surface area contributed by atoms with Gasteiger partial charge in [-0.25, -0.2) is 14.3 Å². The fourth-order valence-corrected chi connectivity index (χ4v) is 2.21. The number of hydrogen-bond acceptors (Lipinski definition) is 5. The lowest BCUT2D eigenvalue weighted by molar-refractivity contribution is 0.0934. The SMILES string of the molecule is O=C(CS(=O)(=O)O)n1ccn(Cc2ccc(Cl)nc2)c1=O. The van der Waals surface area contributed by atoms with Gasteiger partial charge in [0.2, 0.25) is 0 Å². The van der Waals surface area contributed by atoms with Gasteiger partial charge in [-0.2, -0.15) is 8.42 Å². The van der Waals surface area contributed by atoms with Crippen molar-refractivity contribution < 1.29 is 17.8 Å². The summed E-state index contributed by atoms with van der Waals surface area (Å²) in [5.74, 6) is -2.19. The molecular weight excluding hydrogens is 322 g/mol. The van der Waals surface area contributed by atoms with Gasteiger partial charge < -0.3 is 0 Å². The van der Waals surface area contributed by atoms with Crippen molar-refractivity contribution >= 4 is 27.6 Å². The Morgan fingerprint density at radius 1 is 1.33 bits per heavy atom. The van der Waals surface area contributed by atoms with E-state index >= 15 is 0 Å². The molecule has 0 saturated carbocycles. The van der Waals surface area contributed by atoms with E-state index in [9.17, 15) is 18.0 Å². The van der Waals surface area contributed by atoms with Gasteiger partial charge in [-0.3, -0.25) is 13.9 Å². The van der Waals surface area contributed by atoms with Crippen molar-refractivity contribution in [2.75, 3.05) is 5.75 Å². The molecule has 0 saturated heterocycles. The van der Waals surface area contributed by atoms with Gasteiger partial charge in [0, 0.05) is 18.6 Å². The molecule has 0 aliphatic heterocycles. The van der Waals surface area contributed by atoms with Crippen LogP contribution in [-0.2, 0) is 16.7 Å². The molecule has 0 atom stereocenters. The monoisotopic (exact) mass is 331 g/mol. The number of nitrogens with zero attached hydrogens (tertiary/aromatic N) is 3. The van der Waals surface area contributed by atoms with Gasteiger partial charge in [-0.05, 0) is 11.6 Å². The van der Waals surface area contributed by atoms with Gasteiger partial charge in [0.05, 0.1) is 6.54 Å². The predicted octanol–water partition coefficient (Wildman–Crippen LogP) is 0.274. The molecular formula is C11H10ClN3O5S. The lowest BCUT2D eigenvalue weighted by Crippen LogP contribution is -2.32. The molecule has 2 aromatic heterocycles. The van der Waals surface area contributed by atoms with E-state index in [2.05, 4.69) is 4.98 Å². The third-order valence-corrected chi connectivity index (χ3v) is 3.40. The van der Waals surface area contributed by atoms with Crippen LogP contribution in [0.1, 0.15) is 10.4 Å². The molecule has 2 aromatic rings. The predicted molar refractivity (Wildman–Crippen MR) is 74.1 cm³/mol. The molecule has 0 bridgehead atoms. The molecule has 2 heterocycles. The number of halogens is 1. The number of imidazole rings is 1. The molecule has 0 fully saturated rings. The van der Waals surface area contributed by atoms with E-state index in [-0.39, 0.29) is 6.54 Å². The van der Waals surface area contributed by atoms with Gasteiger partial charge in [-0.15, -0.1) is 0 Å². The third kappa shape index (κ3) is 4.00. The van der Waals surface area contributed by atoms with Crippen LogP contribution in [0, 0.1) is 0 Å². The Morgan fingerprint density at radius 3 is 2.62 bits per heavy atom. The van der Waals surface area contributed by atoms with Crippen LogP contribution in [0.3, 0.4) is 0 Å². The summed E-state index contributed by atoms with van der Waals surface area (Å²) in [5.41, 5.74) is -0.0277. The second kappa shape index (κ2) is 5.80. The highest BCUT2D eigenvalue weighted by Gasteiger charge is 2.17. The average molecular weight is 332 g/mol. The summed E-state index contributed by atoms with van der Waals surface area (Å²) in [7, 11) is -4.49.